The summed E-state index contributed by atoms with van der Waals surface area (Å²) in [4.78, 5) is 24.8. The molecule has 0 saturated carbocycles. The van der Waals surface area contributed by atoms with Crippen LogP contribution in [0.4, 0.5) is 5.69 Å². The van der Waals surface area contributed by atoms with Crippen LogP contribution in [0.1, 0.15) is 19.4 Å². The minimum atomic E-state index is -0.899. The molecule has 0 fully saturated rings. The van der Waals surface area contributed by atoms with E-state index in [-0.39, 0.29) is 11.7 Å². The van der Waals surface area contributed by atoms with Crippen LogP contribution >= 0.6 is 35.0 Å². The second-order valence-electron chi connectivity index (χ2n) is 5.54. The fourth-order valence-electron chi connectivity index (χ4n) is 2.08. The predicted molar refractivity (Wildman–Crippen MR) is 107 cm³/mol. The monoisotopic (exact) mass is 411 g/mol. The number of nitrogens with one attached hydrogen (secondary N) is 1. The van der Waals surface area contributed by atoms with Gasteiger partial charge in [-0.25, -0.2) is 0 Å². The van der Waals surface area contributed by atoms with Gasteiger partial charge in [0.1, 0.15) is 0 Å². The number of carbonyl (C=O) groups excluding carboxylic acids is 2. The third-order valence-corrected chi connectivity index (χ3v) is 5.25. The van der Waals surface area contributed by atoms with Crippen molar-refractivity contribution < 1.29 is 14.3 Å². The highest BCUT2D eigenvalue weighted by atomic mass is 35.5. The van der Waals surface area contributed by atoms with Gasteiger partial charge in [-0.2, -0.15) is 0 Å². The Labute approximate surface area is 167 Å². The smallest absolute Gasteiger partial charge is 0.317 e. The lowest BCUT2D eigenvalue weighted by Crippen LogP contribution is -2.30. The number of thioether (sulfide) groups is 1. The first kappa shape index (κ1) is 20.6. The summed E-state index contributed by atoms with van der Waals surface area (Å²) in [7, 11) is 0. The topological polar surface area (TPSA) is 55.4 Å². The maximum atomic E-state index is 12.1. The lowest BCUT2D eigenvalue weighted by atomic mass is 10.1. The number of ether oxygens (including phenoxy) is 1. The second-order valence-corrected chi connectivity index (χ2v) is 7.40. The molecule has 0 heterocycles. The Kier molecular flexibility index (Phi) is 7.82. The Balaban J connectivity index is 1.83. The van der Waals surface area contributed by atoms with Crippen molar-refractivity contribution in [1.82, 2.24) is 0 Å². The van der Waals surface area contributed by atoms with E-state index in [1.165, 1.54) is 24.2 Å². The normalized spacial score (nSPS) is 11.7. The van der Waals surface area contributed by atoms with E-state index in [1.54, 1.807) is 18.2 Å². The van der Waals surface area contributed by atoms with Crippen LogP contribution in [0.5, 0.6) is 0 Å². The highest BCUT2D eigenvalue weighted by molar-refractivity contribution is 8.00. The molecule has 1 N–H and O–H groups in total. The third kappa shape index (κ3) is 6.24. The number of hydrogen-bond donors (Lipinski definition) is 1. The number of anilines is 1. The van der Waals surface area contributed by atoms with Gasteiger partial charge < -0.3 is 10.1 Å². The maximum Gasteiger partial charge on any atom is 0.317 e. The molecule has 4 nitrogen and oxygen atoms in total. The lowest BCUT2D eigenvalue weighted by molar-refractivity contribution is -0.150. The van der Waals surface area contributed by atoms with Crippen LogP contribution in [0.15, 0.2) is 47.4 Å². The van der Waals surface area contributed by atoms with E-state index in [4.69, 9.17) is 27.9 Å². The van der Waals surface area contributed by atoms with E-state index >= 15 is 0 Å². The van der Waals surface area contributed by atoms with Gasteiger partial charge in [0.15, 0.2) is 6.10 Å². The number of carbonyl (C=O) groups is 2. The molecular formula is C19H19Cl2NO3S. The Morgan fingerprint density at radius 2 is 1.85 bits per heavy atom. The van der Waals surface area contributed by atoms with Gasteiger partial charge in [-0.05, 0) is 49.2 Å². The number of rotatable bonds is 7. The molecule has 2 aromatic carbocycles. The van der Waals surface area contributed by atoms with Crippen molar-refractivity contribution in [2.45, 2.75) is 31.3 Å². The number of benzene rings is 2. The van der Waals surface area contributed by atoms with Crippen molar-refractivity contribution in [3.63, 3.8) is 0 Å². The number of amides is 1. The highest BCUT2D eigenvalue weighted by Crippen LogP contribution is 2.29. The first-order valence-electron chi connectivity index (χ1n) is 8.06. The lowest BCUT2D eigenvalue weighted by Gasteiger charge is -2.14. The van der Waals surface area contributed by atoms with Gasteiger partial charge in [0.05, 0.1) is 10.8 Å². The Hall–Kier alpha value is -1.69. The van der Waals surface area contributed by atoms with Gasteiger partial charge in [0.2, 0.25) is 0 Å². The van der Waals surface area contributed by atoms with E-state index in [2.05, 4.69) is 12.2 Å². The summed E-state index contributed by atoms with van der Waals surface area (Å²) < 4.78 is 5.17. The standard InChI is InChI=1S/C19H19Cl2NO3S/c1-3-13-4-7-15(8-5-13)22-19(24)12(2)25-18(23)11-26-17-10-14(20)6-9-16(17)21/h4-10,12H,3,11H2,1-2H3,(H,22,24)/t12-/m1/s1. The zero-order valence-electron chi connectivity index (χ0n) is 14.4. The van der Waals surface area contributed by atoms with Crippen molar-refractivity contribution in [3.8, 4) is 0 Å². The molecule has 0 saturated heterocycles. The Morgan fingerprint density at radius 3 is 2.50 bits per heavy atom. The summed E-state index contributed by atoms with van der Waals surface area (Å²) in [5.74, 6) is -0.855. The van der Waals surface area contributed by atoms with Crippen LogP contribution in [0.2, 0.25) is 10.0 Å². The molecule has 1 atom stereocenters. The largest absolute Gasteiger partial charge is 0.452 e. The molecule has 2 aromatic rings. The first-order chi connectivity index (χ1) is 12.4. The SMILES string of the molecule is CCc1ccc(NC(=O)[C@@H](C)OC(=O)CSc2cc(Cl)ccc2Cl)cc1. The zero-order chi connectivity index (χ0) is 19.1. The molecule has 0 spiro atoms. The van der Waals surface area contributed by atoms with Crippen LogP contribution in [-0.4, -0.2) is 23.7 Å². The summed E-state index contributed by atoms with van der Waals surface area (Å²) >= 11 is 13.2. The average molecular weight is 412 g/mol. The quantitative estimate of drug-likeness (QED) is 0.501. The van der Waals surface area contributed by atoms with Gasteiger partial charge in [0, 0.05) is 15.6 Å². The van der Waals surface area contributed by atoms with Crippen molar-refractivity contribution in [2.75, 3.05) is 11.1 Å². The van der Waals surface area contributed by atoms with Crippen LogP contribution in [-0.2, 0) is 20.7 Å². The number of esters is 1. The van der Waals surface area contributed by atoms with Gasteiger partial charge in [-0.1, -0.05) is 42.3 Å². The van der Waals surface area contributed by atoms with Crippen molar-refractivity contribution in [2.24, 2.45) is 0 Å². The van der Waals surface area contributed by atoms with Crippen LogP contribution in [0.3, 0.4) is 0 Å². The molecule has 138 valence electrons. The summed E-state index contributed by atoms with van der Waals surface area (Å²) in [6, 6.07) is 12.5. The van der Waals surface area contributed by atoms with Gasteiger partial charge in [0.25, 0.3) is 5.91 Å². The second kappa shape index (κ2) is 9.86. The molecule has 0 aliphatic carbocycles. The van der Waals surface area contributed by atoms with Crippen LogP contribution in [0.25, 0.3) is 0 Å². The minimum absolute atomic E-state index is 0.0306. The summed E-state index contributed by atoms with van der Waals surface area (Å²) in [6.45, 7) is 3.59. The average Bonchev–Trinajstić information content (AvgIpc) is 2.63. The predicted octanol–water partition coefficient (Wildman–Crippen LogP) is 5.22. The molecule has 0 bridgehead atoms. The summed E-state index contributed by atoms with van der Waals surface area (Å²) in [6.07, 6.45) is 0.0279. The van der Waals surface area contributed by atoms with E-state index < -0.39 is 12.1 Å². The molecule has 1 amide bonds. The fraction of sp³-hybridized carbons (Fsp3) is 0.263. The number of hydrogen-bond acceptors (Lipinski definition) is 4. The van der Waals surface area contributed by atoms with Crippen LogP contribution < -0.4 is 5.32 Å². The molecule has 7 heteroatoms. The number of halogens is 2. The molecule has 0 radical (unpaired) electrons. The van der Waals surface area contributed by atoms with E-state index in [9.17, 15) is 9.59 Å². The molecule has 0 unspecified atom stereocenters. The van der Waals surface area contributed by atoms with Gasteiger partial charge in [-0.3, -0.25) is 9.59 Å². The molecule has 2 rings (SSSR count). The van der Waals surface area contributed by atoms with Crippen LogP contribution in [0, 0.1) is 0 Å². The molecule has 0 aliphatic heterocycles. The van der Waals surface area contributed by atoms with Crippen molar-refractivity contribution in [1.29, 1.82) is 0 Å². The Morgan fingerprint density at radius 1 is 1.15 bits per heavy atom. The molecule has 0 aromatic heterocycles. The van der Waals surface area contributed by atoms with Gasteiger partial charge in [-0.15, -0.1) is 11.8 Å². The van der Waals surface area contributed by atoms with E-state index in [0.717, 1.165) is 6.42 Å². The van der Waals surface area contributed by atoms with E-state index in [0.29, 0.717) is 20.6 Å². The molecule has 0 aliphatic rings. The summed E-state index contributed by atoms with van der Waals surface area (Å²) in [5.41, 5.74) is 1.84. The van der Waals surface area contributed by atoms with Crippen molar-refractivity contribution >= 4 is 52.5 Å². The van der Waals surface area contributed by atoms with Gasteiger partial charge >= 0.3 is 5.97 Å². The zero-order valence-corrected chi connectivity index (χ0v) is 16.8. The third-order valence-electron chi connectivity index (χ3n) is 3.55. The minimum Gasteiger partial charge on any atom is -0.452 e. The Bertz CT molecular complexity index is 781. The molecular weight excluding hydrogens is 393 g/mol. The summed E-state index contributed by atoms with van der Waals surface area (Å²) in [5, 5.41) is 3.77. The number of aryl methyl sites for hydroxylation is 1. The first-order valence-corrected chi connectivity index (χ1v) is 9.80. The fourth-order valence-corrected chi connectivity index (χ4v) is 3.35. The van der Waals surface area contributed by atoms with E-state index in [1.807, 2.05) is 24.3 Å². The van der Waals surface area contributed by atoms with Crippen molar-refractivity contribution in [3.05, 3.63) is 58.1 Å². The highest BCUT2D eigenvalue weighted by Gasteiger charge is 2.18. The maximum absolute atomic E-state index is 12.1. The molecule has 26 heavy (non-hydrogen) atoms.